The van der Waals surface area contributed by atoms with Crippen molar-refractivity contribution < 1.29 is 13.2 Å². The Hall–Kier alpha value is -1.44. The summed E-state index contributed by atoms with van der Waals surface area (Å²) in [5, 5.41) is 3.16. The molecule has 0 aromatic heterocycles. The molecule has 0 unspecified atom stereocenters. The molecule has 0 spiro atoms. The van der Waals surface area contributed by atoms with Crippen molar-refractivity contribution in [3.05, 3.63) is 35.4 Å². The second-order valence-electron chi connectivity index (χ2n) is 8.17. The van der Waals surface area contributed by atoms with Crippen LogP contribution in [-0.4, -0.2) is 62.8 Å². The van der Waals surface area contributed by atoms with Crippen molar-refractivity contribution in [2.75, 3.05) is 33.2 Å². The summed E-state index contributed by atoms with van der Waals surface area (Å²) in [4.78, 5) is 14.7. The van der Waals surface area contributed by atoms with E-state index in [9.17, 15) is 13.2 Å². The quantitative estimate of drug-likeness (QED) is 0.815. The van der Waals surface area contributed by atoms with E-state index in [4.69, 9.17) is 0 Å². The fourth-order valence-electron chi connectivity index (χ4n) is 3.99. The molecule has 156 valence electrons. The summed E-state index contributed by atoms with van der Waals surface area (Å²) in [6.07, 6.45) is 8.26. The van der Waals surface area contributed by atoms with Crippen LogP contribution in [0.3, 0.4) is 0 Å². The van der Waals surface area contributed by atoms with Crippen LogP contribution in [0.2, 0.25) is 0 Å². The number of rotatable bonds is 5. The molecular formula is C21H33N3O3S. The number of carbonyl (C=O) groups excluding carboxylic acids is 1. The number of likely N-dealkylation sites (N-methyl/N-ethyl adjacent to an activating group) is 1. The Morgan fingerprint density at radius 3 is 2.14 bits per heavy atom. The third kappa shape index (κ3) is 6.03. The van der Waals surface area contributed by atoms with Crippen molar-refractivity contribution in [1.82, 2.24) is 14.5 Å². The van der Waals surface area contributed by atoms with Crippen LogP contribution in [0.15, 0.2) is 24.3 Å². The maximum Gasteiger partial charge on any atom is 0.251 e. The number of amides is 1. The van der Waals surface area contributed by atoms with E-state index in [0.717, 1.165) is 31.5 Å². The first kappa shape index (κ1) is 21.3. The topological polar surface area (TPSA) is 69.7 Å². The van der Waals surface area contributed by atoms with Gasteiger partial charge in [0.2, 0.25) is 10.0 Å². The Bertz CT molecular complexity index is 733. The predicted molar refractivity (Wildman–Crippen MR) is 112 cm³/mol. The lowest BCUT2D eigenvalue weighted by atomic mass is 9.96. The van der Waals surface area contributed by atoms with Gasteiger partial charge in [-0.05, 0) is 37.6 Å². The van der Waals surface area contributed by atoms with Gasteiger partial charge < -0.3 is 10.2 Å². The average Bonchev–Trinajstić information content (AvgIpc) is 2.64. The van der Waals surface area contributed by atoms with Crippen LogP contribution in [0.4, 0.5) is 0 Å². The van der Waals surface area contributed by atoms with Gasteiger partial charge in [0.1, 0.15) is 0 Å². The van der Waals surface area contributed by atoms with Crippen molar-refractivity contribution in [1.29, 1.82) is 0 Å². The minimum Gasteiger partial charge on any atom is -0.349 e. The fourth-order valence-corrected chi connectivity index (χ4v) is 5.51. The molecule has 6 nitrogen and oxygen atoms in total. The van der Waals surface area contributed by atoms with E-state index < -0.39 is 10.0 Å². The summed E-state index contributed by atoms with van der Waals surface area (Å²) in [5.74, 6) is -0.0691. The number of carbonyl (C=O) groups is 1. The predicted octanol–water partition coefficient (Wildman–Crippen LogP) is 2.61. The van der Waals surface area contributed by atoms with E-state index in [1.807, 2.05) is 7.05 Å². The van der Waals surface area contributed by atoms with Crippen LogP contribution in [0.25, 0.3) is 0 Å². The second-order valence-corrected chi connectivity index (χ2v) is 10.1. The molecule has 0 bridgehead atoms. The van der Waals surface area contributed by atoms with Crippen molar-refractivity contribution in [3.8, 4) is 0 Å². The van der Waals surface area contributed by atoms with E-state index in [1.54, 1.807) is 28.6 Å². The normalized spacial score (nSPS) is 21.0. The van der Waals surface area contributed by atoms with Crippen LogP contribution in [0.5, 0.6) is 0 Å². The highest BCUT2D eigenvalue weighted by Gasteiger charge is 2.26. The molecule has 2 fully saturated rings. The summed E-state index contributed by atoms with van der Waals surface area (Å²) in [7, 11) is -1.31. The van der Waals surface area contributed by atoms with E-state index in [2.05, 4.69) is 10.2 Å². The number of nitrogens with one attached hydrogen (secondary N) is 1. The highest BCUT2D eigenvalue weighted by atomic mass is 32.2. The zero-order valence-corrected chi connectivity index (χ0v) is 17.7. The molecule has 1 aromatic carbocycles. The van der Waals surface area contributed by atoms with Gasteiger partial charge in [-0.3, -0.25) is 4.79 Å². The van der Waals surface area contributed by atoms with E-state index in [0.29, 0.717) is 18.7 Å². The van der Waals surface area contributed by atoms with Gasteiger partial charge in [-0.2, -0.15) is 4.31 Å². The average molecular weight is 408 g/mol. The Morgan fingerprint density at radius 1 is 0.964 bits per heavy atom. The lowest BCUT2D eigenvalue weighted by Gasteiger charge is -2.31. The van der Waals surface area contributed by atoms with Crippen molar-refractivity contribution in [3.63, 3.8) is 0 Å². The summed E-state index contributed by atoms with van der Waals surface area (Å²) in [5.41, 5.74) is 1.32. The molecule has 0 radical (unpaired) electrons. The van der Waals surface area contributed by atoms with Crippen LogP contribution in [-0.2, 0) is 15.8 Å². The zero-order valence-electron chi connectivity index (χ0n) is 16.9. The molecule has 1 aliphatic heterocycles. The molecule has 3 rings (SSSR count). The highest BCUT2D eigenvalue weighted by molar-refractivity contribution is 7.88. The number of piperazine rings is 1. The molecule has 7 heteroatoms. The lowest BCUT2D eigenvalue weighted by Crippen LogP contribution is -2.47. The summed E-state index contributed by atoms with van der Waals surface area (Å²) < 4.78 is 26.8. The fraction of sp³-hybridized carbons (Fsp3) is 0.667. The van der Waals surface area contributed by atoms with E-state index in [-0.39, 0.29) is 17.7 Å². The molecule has 28 heavy (non-hydrogen) atoms. The van der Waals surface area contributed by atoms with Crippen molar-refractivity contribution in [2.24, 2.45) is 0 Å². The molecule has 1 aliphatic carbocycles. The van der Waals surface area contributed by atoms with Crippen LogP contribution in [0, 0.1) is 0 Å². The maximum atomic E-state index is 12.6. The standard InChI is InChI=1S/C21H33N3O3S/c1-23-13-15-24(16-14-23)28(26,27)17-18-9-11-19(12-10-18)21(25)22-20-7-5-3-2-4-6-8-20/h9-12,20H,2-8,13-17H2,1H3,(H,22,25). The number of hydrogen-bond acceptors (Lipinski definition) is 4. The number of hydrogen-bond donors (Lipinski definition) is 1. The van der Waals surface area contributed by atoms with Crippen LogP contribution < -0.4 is 5.32 Å². The Kier molecular flexibility index (Phi) is 7.48. The first-order valence-corrected chi connectivity index (χ1v) is 12.1. The van der Waals surface area contributed by atoms with E-state index in [1.165, 1.54) is 32.1 Å². The van der Waals surface area contributed by atoms with Crippen LogP contribution in [0.1, 0.15) is 60.9 Å². The van der Waals surface area contributed by atoms with Gasteiger partial charge in [0.05, 0.1) is 5.75 Å². The summed E-state index contributed by atoms with van der Waals surface area (Å²) >= 11 is 0. The summed E-state index contributed by atoms with van der Waals surface area (Å²) in [6, 6.07) is 7.27. The first-order chi connectivity index (χ1) is 13.4. The minimum atomic E-state index is -3.32. The maximum absolute atomic E-state index is 12.6. The summed E-state index contributed by atoms with van der Waals surface area (Å²) in [6.45, 7) is 2.61. The van der Waals surface area contributed by atoms with Gasteiger partial charge in [-0.25, -0.2) is 8.42 Å². The SMILES string of the molecule is CN1CCN(S(=O)(=O)Cc2ccc(C(=O)NC3CCCCCCC3)cc2)CC1. The second kappa shape index (κ2) is 9.85. The van der Waals surface area contributed by atoms with E-state index >= 15 is 0 Å². The van der Waals surface area contributed by atoms with Crippen LogP contribution >= 0.6 is 0 Å². The smallest absolute Gasteiger partial charge is 0.251 e. The van der Waals surface area contributed by atoms with Gasteiger partial charge >= 0.3 is 0 Å². The monoisotopic (exact) mass is 407 g/mol. The lowest BCUT2D eigenvalue weighted by molar-refractivity contribution is 0.0930. The molecular weight excluding hydrogens is 374 g/mol. The Labute approximate surface area is 169 Å². The number of sulfonamides is 1. The van der Waals surface area contributed by atoms with Gasteiger partial charge in [0.15, 0.2) is 0 Å². The zero-order chi connectivity index (χ0) is 20.0. The third-order valence-electron chi connectivity index (χ3n) is 5.86. The molecule has 1 N–H and O–H groups in total. The van der Waals surface area contributed by atoms with Gasteiger partial charge in [0, 0.05) is 37.8 Å². The van der Waals surface area contributed by atoms with Crippen molar-refractivity contribution in [2.45, 2.75) is 56.7 Å². The Morgan fingerprint density at radius 2 is 1.54 bits per heavy atom. The number of benzene rings is 1. The van der Waals surface area contributed by atoms with Gasteiger partial charge in [-0.1, -0.05) is 44.2 Å². The molecule has 0 atom stereocenters. The first-order valence-electron chi connectivity index (χ1n) is 10.5. The third-order valence-corrected chi connectivity index (χ3v) is 7.71. The van der Waals surface area contributed by atoms with Crippen molar-refractivity contribution >= 4 is 15.9 Å². The van der Waals surface area contributed by atoms with Gasteiger partial charge in [-0.15, -0.1) is 0 Å². The molecule has 1 saturated carbocycles. The van der Waals surface area contributed by atoms with Gasteiger partial charge in [0.25, 0.3) is 5.91 Å². The highest BCUT2D eigenvalue weighted by Crippen LogP contribution is 2.18. The molecule has 1 amide bonds. The molecule has 1 heterocycles. The molecule has 1 aromatic rings. The minimum absolute atomic E-state index is 0.0127. The molecule has 1 saturated heterocycles. The molecule has 2 aliphatic rings. The largest absolute Gasteiger partial charge is 0.349 e. The number of nitrogens with zero attached hydrogens (tertiary/aromatic N) is 2. The Balaban J connectivity index is 1.55.